The molecule has 4 atom stereocenters. The number of hydrogen-bond acceptors (Lipinski definition) is 9. The molecule has 0 aliphatic carbocycles. The molecule has 0 saturated carbocycles. The standard InChI is InChI=1S/C36H41ClF3N7O4/c1-18-11-23-22(13-41-44-23)24(27(18)37)25-28(39)30-26(31(49-5)29(25)40)32(43-33(42-30)50-17-36-9-6-10-46(36)14-19(38)12-36)45-15-20-7-8-21(16-45)47(20)34(48)51-35(2,3)4/h11,13,19-21H,6-10,12,14-17H2,1-5H3,(H,41,44)/t19-,20?,21?,36+/m1/s1. The van der Waals surface area contributed by atoms with Crippen molar-refractivity contribution >= 4 is 45.3 Å². The summed E-state index contributed by atoms with van der Waals surface area (Å²) >= 11 is 6.78. The van der Waals surface area contributed by atoms with Crippen molar-refractivity contribution in [1.82, 2.24) is 30.0 Å². The van der Waals surface area contributed by atoms with Crippen LogP contribution < -0.4 is 14.4 Å². The average molecular weight is 728 g/mol. The van der Waals surface area contributed by atoms with E-state index in [0.29, 0.717) is 42.5 Å². The van der Waals surface area contributed by atoms with Crippen molar-refractivity contribution < 1.29 is 32.2 Å². The second-order valence-electron chi connectivity index (χ2n) is 15.3. The van der Waals surface area contributed by atoms with Gasteiger partial charge in [0.05, 0.1) is 52.4 Å². The summed E-state index contributed by atoms with van der Waals surface area (Å²) in [5.74, 6) is -1.97. The monoisotopic (exact) mass is 727 g/mol. The molecular formula is C36H41ClF3N7O4. The minimum atomic E-state index is -0.968. The molecule has 0 radical (unpaired) electrons. The lowest BCUT2D eigenvalue weighted by Gasteiger charge is -2.42. The number of H-pyrrole nitrogens is 1. The van der Waals surface area contributed by atoms with Gasteiger partial charge in [0.25, 0.3) is 0 Å². The third-order valence-corrected chi connectivity index (χ3v) is 11.4. The van der Waals surface area contributed by atoms with Gasteiger partial charge >= 0.3 is 12.1 Å². The van der Waals surface area contributed by atoms with Crippen molar-refractivity contribution in [3.63, 3.8) is 0 Å². The van der Waals surface area contributed by atoms with E-state index in [-0.39, 0.29) is 57.8 Å². The Kier molecular flexibility index (Phi) is 8.21. The number of benzene rings is 2. The number of alkyl halides is 1. The molecule has 6 heterocycles. The van der Waals surface area contributed by atoms with Gasteiger partial charge in [0, 0.05) is 37.0 Å². The van der Waals surface area contributed by atoms with Crippen LogP contribution in [0.1, 0.15) is 58.4 Å². The number of nitrogens with zero attached hydrogens (tertiary/aromatic N) is 6. The lowest BCUT2D eigenvalue weighted by Crippen LogP contribution is -2.57. The van der Waals surface area contributed by atoms with E-state index in [0.717, 1.165) is 32.2 Å². The Bertz CT molecular complexity index is 2040. The van der Waals surface area contributed by atoms with Crippen LogP contribution in [0, 0.1) is 18.6 Å². The van der Waals surface area contributed by atoms with E-state index in [9.17, 15) is 9.18 Å². The summed E-state index contributed by atoms with van der Waals surface area (Å²) < 4.78 is 66.5. The Labute approximate surface area is 298 Å². The number of amides is 1. The van der Waals surface area contributed by atoms with Crippen LogP contribution in [0.3, 0.4) is 0 Å². The van der Waals surface area contributed by atoms with Gasteiger partial charge in [0.1, 0.15) is 29.7 Å². The number of carbonyl (C=O) groups excluding carboxylic acids is 1. The third-order valence-electron chi connectivity index (χ3n) is 10.9. The molecule has 4 aliphatic heterocycles. The van der Waals surface area contributed by atoms with Gasteiger partial charge in [-0.1, -0.05) is 11.6 Å². The highest BCUT2D eigenvalue weighted by atomic mass is 35.5. The summed E-state index contributed by atoms with van der Waals surface area (Å²) in [5.41, 5.74) is -0.545. The number of ether oxygens (including phenoxy) is 3. The zero-order chi connectivity index (χ0) is 36.0. The van der Waals surface area contributed by atoms with Crippen LogP contribution in [0.2, 0.25) is 5.02 Å². The van der Waals surface area contributed by atoms with Crippen LogP contribution in [0.4, 0.5) is 23.8 Å². The highest BCUT2D eigenvalue weighted by Gasteiger charge is 2.50. The molecule has 2 aromatic heterocycles. The molecule has 4 aliphatic rings. The number of methoxy groups -OCH3 is 1. The van der Waals surface area contributed by atoms with Crippen LogP contribution in [0.5, 0.6) is 11.8 Å². The molecule has 2 bridgehead atoms. The summed E-state index contributed by atoms with van der Waals surface area (Å²) in [5, 5.41) is 7.57. The summed E-state index contributed by atoms with van der Waals surface area (Å²) in [4.78, 5) is 28.4. The van der Waals surface area contributed by atoms with Crippen molar-refractivity contribution in [2.45, 2.75) is 89.2 Å². The van der Waals surface area contributed by atoms with Gasteiger partial charge in [-0.15, -0.1) is 0 Å². The van der Waals surface area contributed by atoms with Crippen LogP contribution in [-0.4, -0.2) is 105 Å². The lowest BCUT2D eigenvalue weighted by atomic mass is 9.95. The predicted octanol–water partition coefficient (Wildman–Crippen LogP) is 6.97. The normalized spacial score (nSPS) is 24.9. The zero-order valence-electron chi connectivity index (χ0n) is 29.3. The van der Waals surface area contributed by atoms with Gasteiger partial charge in [-0.25, -0.2) is 18.0 Å². The van der Waals surface area contributed by atoms with Gasteiger partial charge in [0.15, 0.2) is 17.4 Å². The summed E-state index contributed by atoms with van der Waals surface area (Å²) in [7, 11) is 1.31. The van der Waals surface area contributed by atoms with E-state index in [4.69, 9.17) is 30.8 Å². The van der Waals surface area contributed by atoms with Crippen molar-refractivity contribution in [3.8, 4) is 22.9 Å². The number of piperazine rings is 1. The number of aromatic nitrogens is 4. The molecule has 1 N–H and O–H groups in total. The van der Waals surface area contributed by atoms with Crippen molar-refractivity contribution in [1.29, 1.82) is 0 Å². The number of rotatable bonds is 6. The maximum Gasteiger partial charge on any atom is 0.410 e. The second-order valence-corrected chi connectivity index (χ2v) is 15.7. The quantitative estimate of drug-likeness (QED) is 0.225. The number of hydrogen-bond donors (Lipinski definition) is 1. The number of anilines is 1. The molecule has 2 unspecified atom stereocenters. The summed E-state index contributed by atoms with van der Waals surface area (Å²) in [6, 6.07) is 1.19. The van der Waals surface area contributed by atoms with Gasteiger partial charge in [0.2, 0.25) is 0 Å². The molecule has 15 heteroatoms. The van der Waals surface area contributed by atoms with Gasteiger partial charge in [-0.3, -0.25) is 14.9 Å². The highest BCUT2D eigenvalue weighted by Crippen LogP contribution is 2.48. The van der Waals surface area contributed by atoms with Gasteiger partial charge in [-0.05, 0) is 71.6 Å². The first-order valence-electron chi connectivity index (χ1n) is 17.5. The number of carbonyl (C=O) groups is 1. The predicted molar refractivity (Wildman–Crippen MR) is 186 cm³/mol. The molecule has 272 valence electrons. The molecule has 0 spiro atoms. The Balaban J connectivity index is 1.28. The minimum Gasteiger partial charge on any atom is -0.493 e. The molecule has 1 amide bonds. The van der Waals surface area contributed by atoms with Crippen LogP contribution in [-0.2, 0) is 4.74 Å². The van der Waals surface area contributed by atoms with Crippen molar-refractivity contribution in [2.75, 3.05) is 44.8 Å². The Morgan fingerprint density at radius 1 is 1.12 bits per heavy atom. The van der Waals surface area contributed by atoms with Crippen LogP contribution >= 0.6 is 11.6 Å². The molecule has 8 rings (SSSR count). The first-order valence-corrected chi connectivity index (χ1v) is 17.8. The average Bonchev–Trinajstić information content (AvgIpc) is 3.82. The van der Waals surface area contributed by atoms with E-state index in [1.165, 1.54) is 13.3 Å². The topological polar surface area (TPSA) is 109 Å². The summed E-state index contributed by atoms with van der Waals surface area (Å²) in [6.07, 6.45) is 3.56. The second kappa shape index (κ2) is 12.3. The Morgan fingerprint density at radius 2 is 1.86 bits per heavy atom. The highest BCUT2D eigenvalue weighted by molar-refractivity contribution is 6.36. The molecule has 51 heavy (non-hydrogen) atoms. The molecule has 11 nitrogen and oxygen atoms in total. The van der Waals surface area contributed by atoms with Crippen LogP contribution in [0.25, 0.3) is 32.9 Å². The number of fused-ring (bicyclic) bond motifs is 5. The fraction of sp³-hybridized carbons (Fsp3) is 0.556. The van der Waals surface area contributed by atoms with Crippen LogP contribution in [0.15, 0.2) is 12.3 Å². The smallest absolute Gasteiger partial charge is 0.410 e. The maximum absolute atomic E-state index is 17.2. The molecule has 4 aromatic rings. The lowest BCUT2D eigenvalue weighted by molar-refractivity contribution is 0.0122. The molecular weight excluding hydrogens is 687 g/mol. The molecule has 4 fully saturated rings. The van der Waals surface area contributed by atoms with E-state index < -0.39 is 40.6 Å². The number of aryl methyl sites for hydroxylation is 1. The first kappa shape index (κ1) is 34.1. The van der Waals surface area contributed by atoms with E-state index >= 15 is 8.78 Å². The Morgan fingerprint density at radius 3 is 2.57 bits per heavy atom. The van der Waals surface area contributed by atoms with E-state index in [1.807, 2.05) is 25.7 Å². The largest absolute Gasteiger partial charge is 0.493 e. The van der Waals surface area contributed by atoms with Gasteiger partial charge < -0.3 is 19.1 Å². The van der Waals surface area contributed by atoms with Crippen molar-refractivity contribution in [3.05, 3.63) is 34.5 Å². The first-order chi connectivity index (χ1) is 24.3. The van der Waals surface area contributed by atoms with Gasteiger partial charge in [-0.2, -0.15) is 15.1 Å². The zero-order valence-corrected chi connectivity index (χ0v) is 30.0. The number of halogens is 4. The molecule has 4 saturated heterocycles. The third kappa shape index (κ3) is 5.60. The SMILES string of the molecule is COc1c(F)c(-c2c(Cl)c(C)cc3[nH]ncc23)c(F)c2nc(OC[C@@]34CCCN3C[C@H](F)C4)nc(N3CC4CCC(C3)N4C(=O)OC(C)(C)C)c12. The fourth-order valence-electron chi connectivity index (χ4n) is 8.72. The number of nitrogens with one attached hydrogen (secondary N) is 1. The number of aromatic amines is 1. The summed E-state index contributed by atoms with van der Waals surface area (Å²) in [6.45, 7) is 9.10. The van der Waals surface area contributed by atoms with E-state index in [1.54, 1.807) is 17.9 Å². The Hall–Kier alpha value is -4.04. The van der Waals surface area contributed by atoms with Crippen molar-refractivity contribution in [2.24, 2.45) is 0 Å². The molecule has 2 aromatic carbocycles. The fourth-order valence-corrected chi connectivity index (χ4v) is 8.97. The minimum absolute atomic E-state index is 0.0336. The maximum atomic E-state index is 17.2. The van der Waals surface area contributed by atoms with E-state index in [2.05, 4.69) is 20.1 Å².